The predicted octanol–water partition coefficient (Wildman–Crippen LogP) is 3.14. The van der Waals surface area contributed by atoms with Crippen molar-refractivity contribution in [1.29, 1.82) is 0 Å². The summed E-state index contributed by atoms with van der Waals surface area (Å²) < 4.78 is 13.4. The van der Waals surface area contributed by atoms with Crippen molar-refractivity contribution in [3.8, 4) is 16.6 Å². The van der Waals surface area contributed by atoms with E-state index in [0.29, 0.717) is 16.7 Å². The number of amides is 2. The molecule has 168 valence electrons. The molecular formula is C23H21N5O4S. The SMILES string of the molecule is COc1ccc2nc(-n3nc(C)c4c3NC(=O)C[C@@H]4c3cccc(OCC(N)=O)c3)sc2c1. The number of fused-ring (bicyclic) bond motifs is 2. The highest BCUT2D eigenvalue weighted by Gasteiger charge is 2.33. The summed E-state index contributed by atoms with van der Waals surface area (Å²) in [6.45, 7) is 1.71. The van der Waals surface area contributed by atoms with Gasteiger partial charge in [-0.3, -0.25) is 9.59 Å². The molecule has 0 aliphatic carbocycles. The van der Waals surface area contributed by atoms with E-state index in [9.17, 15) is 9.59 Å². The highest BCUT2D eigenvalue weighted by atomic mass is 32.1. The van der Waals surface area contributed by atoms with E-state index in [1.54, 1.807) is 17.9 Å². The van der Waals surface area contributed by atoms with E-state index < -0.39 is 5.91 Å². The quantitative estimate of drug-likeness (QED) is 0.453. The second kappa shape index (κ2) is 8.21. The number of methoxy groups -OCH3 is 1. The van der Waals surface area contributed by atoms with Crippen LogP contribution in [0.15, 0.2) is 42.5 Å². The molecule has 3 N–H and O–H groups in total. The van der Waals surface area contributed by atoms with Crippen LogP contribution in [-0.4, -0.2) is 40.3 Å². The highest BCUT2D eigenvalue weighted by molar-refractivity contribution is 7.20. The van der Waals surface area contributed by atoms with E-state index in [1.807, 2.05) is 43.3 Å². The number of hydrogen-bond acceptors (Lipinski definition) is 7. The first-order valence-corrected chi connectivity index (χ1v) is 11.1. The van der Waals surface area contributed by atoms with Gasteiger partial charge in [0.1, 0.15) is 17.3 Å². The molecule has 3 heterocycles. The monoisotopic (exact) mass is 463 g/mol. The molecule has 10 heteroatoms. The molecule has 2 aromatic heterocycles. The van der Waals surface area contributed by atoms with Crippen molar-refractivity contribution < 1.29 is 19.1 Å². The molecule has 0 bridgehead atoms. The van der Waals surface area contributed by atoms with Crippen LogP contribution in [0.1, 0.15) is 29.2 Å². The van der Waals surface area contributed by atoms with Crippen LogP contribution >= 0.6 is 11.3 Å². The lowest BCUT2D eigenvalue weighted by Crippen LogP contribution is -2.25. The summed E-state index contributed by atoms with van der Waals surface area (Å²) in [5.41, 5.74) is 8.64. The second-order valence-electron chi connectivity index (χ2n) is 7.72. The molecular weight excluding hydrogens is 442 g/mol. The van der Waals surface area contributed by atoms with Crippen molar-refractivity contribution in [2.75, 3.05) is 19.0 Å². The Bertz CT molecular complexity index is 1390. The molecule has 2 aromatic carbocycles. The van der Waals surface area contributed by atoms with E-state index in [2.05, 4.69) is 5.32 Å². The molecule has 0 saturated carbocycles. The number of aryl methyl sites for hydroxylation is 1. The van der Waals surface area contributed by atoms with E-state index in [1.165, 1.54) is 11.3 Å². The summed E-state index contributed by atoms with van der Waals surface area (Å²) in [5, 5.41) is 8.35. The van der Waals surface area contributed by atoms with Gasteiger partial charge in [0.25, 0.3) is 5.91 Å². The molecule has 1 aliphatic rings. The number of primary amides is 1. The number of aromatic nitrogens is 3. The lowest BCUT2D eigenvalue weighted by atomic mass is 9.86. The fourth-order valence-electron chi connectivity index (χ4n) is 4.06. The molecule has 5 rings (SSSR count). The number of ether oxygens (including phenoxy) is 2. The van der Waals surface area contributed by atoms with Gasteiger partial charge in [0, 0.05) is 17.9 Å². The number of benzene rings is 2. The topological polar surface area (TPSA) is 121 Å². The molecule has 0 fully saturated rings. The van der Waals surface area contributed by atoms with Crippen molar-refractivity contribution >= 4 is 39.2 Å². The summed E-state index contributed by atoms with van der Waals surface area (Å²) in [5.74, 6) is 1.01. The van der Waals surface area contributed by atoms with Crippen LogP contribution in [0.5, 0.6) is 11.5 Å². The van der Waals surface area contributed by atoms with Gasteiger partial charge in [-0.25, -0.2) is 4.98 Å². The lowest BCUT2D eigenvalue weighted by Gasteiger charge is -2.24. The molecule has 0 radical (unpaired) electrons. The molecule has 0 saturated heterocycles. The van der Waals surface area contributed by atoms with Gasteiger partial charge in [0.15, 0.2) is 6.61 Å². The van der Waals surface area contributed by atoms with Gasteiger partial charge < -0.3 is 20.5 Å². The zero-order chi connectivity index (χ0) is 23.1. The van der Waals surface area contributed by atoms with E-state index in [-0.39, 0.29) is 24.9 Å². The minimum atomic E-state index is -0.551. The van der Waals surface area contributed by atoms with Crippen LogP contribution in [0, 0.1) is 6.92 Å². The average Bonchev–Trinajstić information content (AvgIpc) is 3.37. The van der Waals surface area contributed by atoms with Gasteiger partial charge >= 0.3 is 0 Å². The van der Waals surface area contributed by atoms with Crippen LogP contribution in [0.2, 0.25) is 0 Å². The summed E-state index contributed by atoms with van der Waals surface area (Å²) in [7, 11) is 1.62. The zero-order valence-electron chi connectivity index (χ0n) is 18.0. The zero-order valence-corrected chi connectivity index (χ0v) is 18.8. The van der Waals surface area contributed by atoms with E-state index in [4.69, 9.17) is 25.3 Å². The number of nitrogens with zero attached hydrogens (tertiary/aromatic N) is 3. The molecule has 4 aromatic rings. The highest BCUT2D eigenvalue weighted by Crippen LogP contribution is 2.41. The van der Waals surface area contributed by atoms with Crippen molar-refractivity contribution in [1.82, 2.24) is 14.8 Å². The molecule has 2 amide bonds. The first kappa shape index (κ1) is 21.0. The Morgan fingerprint density at radius 3 is 2.91 bits per heavy atom. The number of anilines is 1. The Morgan fingerprint density at radius 2 is 2.12 bits per heavy atom. The number of nitrogens with one attached hydrogen (secondary N) is 1. The van der Waals surface area contributed by atoms with Gasteiger partial charge in [-0.2, -0.15) is 9.78 Å². The van der Waals surface area contributed by atoms with Crippen LogP contribution in [0.4, 0.5) is 5.82 Å². The minimum Gasteiger partial charge on any atom is -0.497 e. The van der Waals surface area contributed by atoms with E-state index in [0.717, 1.165) is 32.8 Å². The third-order valence-electron chi connectivity index (χ3n) is 5.51. The number of carbonyl (C=O) groups is 2. The van der Waals surface area contributed by atoms with E-state index >= 15 is 0 Å². The van der Waals surface area contributed by atoms with Gasteiger partial charge in [-0.1, -0.05) is 23.5 Å². The molecule has 1 aliphatic heterocycles. The summed E-state index contributed by atoms with van der Waals surface area (Å²) in [6.07, 6.45) is 0.274. The lowest BCUT2D eigenvalue weighted by molar-refractivity contribution is -0.120. The fraction of sp³-hybridized carbons (Fsp3) is 0.217. The molecule has 1 atom stereocenters. The molecule has 33 heavy (non-hydrogen) atoms. The predicted molar refractivity (Wildman–Crippen MR) is 124 cm³/mol. The number of hydrogen-bond donors (Lipinski definition) is 2. The Morgan fingerprint density at radius 1 is 1.27 bits per heavy atom. The van der Waals surface area contributed by atoms with Crippen LogP contribution in [0.3, 0.4) is 0 Å². The average molecular weight is 464 g/mol. The van der Waals surface area contributed by atoms with Crippen molar-refractivity contribution in [3.63, 3.8) is 0 Å². The third kappa shape index (κ3) is 3.89. The Balaban J connectivity index is 1.56. The maximum Gasteiger partial charge on any atom is 0.255 e. The molecule has 9 nitrogen and oxygen atoms in total. The number of nitrogens with two attached hydrogens (primary N) is 1. The van der Waals surface area contributed by atoms with Crippen LogP contribution in [-0.2, 0) is 9.59 Å². The maximum atomic E-state index is 12.7. The Labute approximate surface area is 193 Å². The third-order valence-corrected chi connectivity index (χ3v) is 6.50. The second-order valence-corrected chi connectivity index (χ2v) is 8.73. The number of thiazole rings is 1. The summed E-state index contributed by atoms with van der Waals surface area (Å²) >= 11 is 1.47. The minimum absolute atomic E-state index is 0.111. The molecule has 0 unspecified atom stereocenters. The first-order valence-electron chi connectivity index (χ1n) is 10.3. The first-order chi connectivity index (χ1) is 15.9. The van der Waals surface area contributed by atoms with Crippen molar-refractivity contribution in [3.05, 3.63) is 59.3 Å². The molecule has 0 spiro atoms. The summed E-state index contributed by atoms with van der Waals surface area (Å²) in [4.78, 5) is 28.5. The van der Waals surface area contributed by atoms with Gasteiger partial charge in [-0.15, -0.1) is 0 Å². The Kier molecular flexibility index (Phi) is 5.21. The number of carbonyl (C=O) groups excluding carboxylic acids is 2. The summed E-state index contributed by atoms with van der Waals surface area (Å²) in [6, 6.07) is 13.0. The van der Waals surface area contributed by atoms with Crippen LogP contribution in [0.25, 0.3) is 15.3 Å². The Hall–Kier alpha value is -3.92. The van der Waals surface area contributed by atoms with Crippen LogP contribution < -0.4 is 20.5 Å². The maximum absolute atomic E-state index is 12.7. The largest absolute Gasteiger partial charge is 0.497 e. The van der Waals surface area contributed by atoms with Gasteiger partial charge in [-0.05, 0) is 42.8 Å². The van der Waals surface area contributed by atoms with Gasteiger partial charge in [0.05, 0.1) is 23.0 Å². The number of rotatable bonds is 6. The van der Waals surface area contributed by atoms with Gasteiger partial charge in [0.2, 0.25) is 11.0 Å². The normalized spacial score (nSPS) is 15.2. The standard InChI is InChI=1S/C23H21N5O4S/c1-12-21-16(13-4-3-5-15(8-13)32-11-19(24)29)10-20(30)26-22(21)28(27-12)23-25-17-7-6-14(31-2)9-18(17)33-23/h3-9,16H,10-11H2,1-2H3,(H2,24,29)(H,26,30)/t16-/m1/s1. The fourth-order valence-corrected chi connectivity index (χ4v) is 5.01. The van der Waals surface area contributed by atoms with Crippen molar-refractivity contribution in [2.45, 2.75) is 19.3 Å². The van der Waals surface area contributed by atoms with Crippen molar-refractivity contribution in [2.24, 2.45) is 5.73 Å². The smallest absolute Gasteiger partial charge is 0.255 e.